The number of aliphatic hydroxyl groups is 2. The Morgan fingerprint density at radius 3 is 2.68 bits per heavy atom. The Morgan fingerprint density at radius 1 is 1.21 bits per heavy atom. The van der Waals surface area contributed by atoms with Gasteiger partial charge in [-0.25, -0.2) is 0 Å². The molecular formula is C25H35Cl2N3O4. The lowest BCUT2D eigenvalue weighted by Gasteiger charge is -2.41. The van der Waals surface area contributed by atoms with Gasteiger partial charge < -0.3 is 20.0 Å². The second-order valence-electron chi connectivity index (χ2n) is 9.92. The molecule has 0 aliphatic carbocycles. The molecule has 2 atom stereocenters. The molecule has 0 radical (unpaired) electrons. The van der Waals surface area contributed by atoms with Gasteiger partial charge in [-0.2, -0.15) is 0 Å². The molecule has 188 valence electrons. The van der Waals surface area contributed by atoms with Crippen molar-refractivity contribution in [3.05, 3.63) is 39.9 Å². The zero-order valence-electron chi connectivity index (χ0n) is 19.9. The first-order chi connectivity index (χ1) is 16.0. The molecule has 2 amide bonds. The van der Waals surface area contributed by atoms with Crippen LogP contribution < -0.4 is 0 Å². The van der Waals surface area contributed by atoms with Crippen LogP contribution >= 0.6 is 23.2 Å². The van der Waals surface area contributed by atoms with Gasteiger partial charge in [0.25, 0.3) is 0 Å². The van der Waals surface area contributed by atoms with Gasteiger partial charge in [-0.05, 0) is 48.6 Å². The minimum Gasteiger partial charge on any atom is -0.392 e. The number of β-amino-alcohol motifs (C(OH)–C–C–N with tert-alkyl or cyclic N) is 2. The zero-order chi connectivity index (χ0) is 24.9. The van der Waals surface area contributed by atoms with Crippen LogP contribution in [-0.4, -0.2) is 94.7 Å². The number of amides is 2. The number of rotatable bonds is 7. The molecule has 1 aromatic carbocycles. The maximum Gasteiger partial charge on any atom is 0.246 e. The standard InChI is InChI=1S/C25H35Cl2N3O4/c1-25(2)9-12-28(17-22(25)32)16-19(31)7-10-29-13-14-30(11-8-24(29)34)23(33)6-4-18-3-5-20(26)21(27)15-18/h3-6,15,19,22,31-32H,7-14,16-17H2,1-2H3/t19?,22-/m0/s1. The van der Waals surface area contributed by atoms with Crippen molar-refractivity contribution in [3.63, 3.8) is 0 Å². The molecule has 1 unspecified atom stereocenters. The Balaban J connectivity index is 1.45. The van der Waals surface area contributed by atoms with Crippen LogP contribution in [-0.2, 0) is 9.59 Å². The maximum absolute atomic E-state index is 12.6. The third-order valence-corrected chi connectivity index (χ3v) is 7.61. The number of halogens is 2. The predicted molar refractivity (Wildman–Crippen MR) is 135 cm³/mol. The summed E-state index contributed by atoms with van der Waals surface area (Å²) in [5, 5.41) is 21.7. The fourth-order valence-electron chi connectivity index (χ4n) is 4.27. The van der Waals surface area contributed by atoms with Crippen molar-refractivity contribution in [2.24, 2.45) is 5.41 Å². The summed E-state index contributed by atoms with van der Waals surface area (Å²) in [4.78, 5) is 30.7. The quantitative estimate of drug-likeness (QED) is 0.549. The SMILES string of the molecule is CC1(C)CCN(CC(O)CCN2CCN(C(=O)C=Cc3ccc(Cl)c(Cl)c3)CCC2=O)C[C@@H]1O. The van der Waals surface area contributed by atoms with Crippen molar-refractivity contribution >= 4 is 41.1 Å². The summed E-state index contributed by atoms with van der Waals surface area (Å²) in [7, 11) is 0. The van der Waals surface area contributed by atoms with E-state index in [0.717, 1.165) is 18.5 Å². The molecule has 1 aromatic rings. The van der Waals surface area contributed by atoms with Crippen molar-refractivity contribution in [1.82, 2.24) is 14.7 Å². The van der Waals surface area contributed by atoms with Crippen LogP contribution in [0.3, 0.4) is 0 Å². The van der Waals surface area contributed by atoms with Gasteiger partial charge in [-0.3, -0.25) is 14.5 Å². The topological polar surface area (TPSA) is 84.3 Å². The summed E-state index contributed by atoms with van der Waals surface area (Å²) < 4.78 is 0. The van der Waals surface area contributed by atoms with E-state index in [0.29, 0.717) is 55.7 Å². The second-order valence-corrected chi connectivity index (χ2v) is 10.7. The molecule has 3 rings (SSSR count). The van der Waals surface area contributed by atoms with E-state index in [9.17, 15) is 19.8 Å². The van der Waals surface area contributed by atoms with E-state index in [2.05, 4.69) is 18.7 Å². The average molecular weight is 512 g/mol. The number of carbonyl (C=O) groups excluding carboxylic acids is 2. The molecule has 0 saturated carbocycles. The van der Waals surface area contributed by atoms with Crippen molar-refractivity contribution in [3.8, 4) is 0 Å². The molecule has 2 saturated heterocycles. The van der Waals surface area contributed by atoms with E-state index < -0.39 is 12.2 Å². The van der Waals surface area contributed by atoms with Gasteiger partial charge in [0, 0.05) is 51.8 Å². The van der Waals surface area contributed by atoms with Gasteiger partial charge in [0.1, 0.15) is 0 Å². The summed E-state index contributed by atoms with van der Waals surface area (Å²) >= 11 is 11.9. The van der Waals surface area contributed by atoms with Crippen molar-refractivity contribution in [1.29, 1.82) is 0 Å². The summed E-state index contributed by atoms with van der Waals surface area (Å²) in [6.45, 7) is 7.71. The highest BCUT2D eigenvalue weighted by atomic mass is 35.5. The number of nitrogens with zero attached hydrogens (tertiary/aromatic N) is 3. The Kier molecular flexibility index (Phi) is 9.41. The van der Waals surface area contributed by atoms with E-state index >= 15 is 0 Å². The van der Waals surface area contributed by atoms with Crippen molar-refractivity contribution in [2.75, 3.05) is 45.8 Å². The third kappa shape index (κ3) is 7.43. The molecule has 0 spiro atoms. The van der Waals surface area contributed by atoms with E-state index in [1.54, 1.807) is 34.1 Å². The van der Waals surface area contributed by atoms with Gasteiger partial charge in [-0.1, -0.05) is 43.1 Å². The molecule has 7 nitrogen and oxygen atoms in total. The van der Waals surface area contributed by atoms with Crippen LogP contribution in [0.15, 0.2) is 24.3 Å². The third-order valence-electron chi connectivity index (χ3n) is 6.87. The number of hydrogen-bond donors (Lipinski definition) is 2. The van der Waals surface area contributed by atoms with Gasteiger partial charge in [0.15, 0.2) is 0 Å². The Bertz CT molecular complexity index is 908. The first kappa shape index (κ1) is 27.0. The predicted octanol–water partition coefficient (Wildman–Crippen LogP) is 2.91. The lowest BCUT2D eigenvalue weighted by molar-refractivity contribution is -0.130. The minimum atomic E-state index is -0.573. The highest BCUT2D eigenvalue weighted by Gasteiger charge is 2.34. The second kappa shape index (κ2) is 11.9. The first-order valence-electron chi connectivity index (χ1n) is 11.8. The number of piperidine rings is 1. The zero-order valence-corrected chi connectivity index (χ0v) is 21.4. The number of aliphatic hydroxyl groups excluding tert-OH is 2. The monoisotopic (exact) mass is 511 g/mol. The smallest absolute Gasteiger partial charge is 0.246 e. The summed E-state index contributed by atoms with van der Waals surface area (Å²) in [5.41, 5.74) is 0.675. The fraction of sp³-hybridized carbons (Fsp3) is 0.600. The van der Waals surface area contributed by atoms with E-state index in [1.165, 1.54) is 6.08 Å². The van der Waals surface area contributed by atoms with Crippen LogP contribution in [0.25, 0.3) is 6.08 Å². The van der Waals surface area contributed by atoms with Crippen LogP contribution in [0.5, 0.6) is 0 Å². The Morgan fingerprint density at radius 2 is 1.97 bits per heavy atom. The number of likely N-dealkylation sites (tertiary alicyclic amines) is 1. The molecule has 2 aliphatic heterocycles. The molecule has 2 heterocycles. The molecular weight excluding hydrogens is 477 g/mol. The normalized spacial score (nSPS) is 22.8. The summed E-state index contributed by atoms with van der Waals surface area (Å²) in [5.74, 6) is -0.168. The highest BCUT2D eigenvalue weighted by Crippen LogP contribution is 2.30. The van der Waals surface area contributed by atoms with Crippen molar-refractivity contribution < 1.29 is 19.8 Å². The molecule has 9 heteroatoms. The molecule has 34 heavy (non-hydrogen) atoms. The minimum absolute atomic E-state index is 0.00823. The van der Waals surface area contributed by atoms with Crippen molar-refractivity contribution in [2.45, 2.75) is 45.3 Å². The number of hydrogen-bond acceptors (Lipinski definition) is 5. The largest absolute Gasteiger partial charge is 0.392 e. The molecule has 2 fully saturated rings. The van der Waals surface area contributed by atoms with E-state index in [-0.39, 0.29) is 23.7 Å². The lowest BCUT2D eigenvalue weighted by Crippen LogP contribution is -2.50. The summed E-state index contributed by atoms with van der Waals surface area (Å²) in [6.07, 6.45) is 3.80. The maximum atomic E-state index is 12.6. The van der Waals surface area contributed by atoms with Crippen LogP contribution in [0.2, 0.25) is 10.0 Å². The number of carbonyl (C=O) groups is 2. The van der Waals surface area contributed by atoms with E-state index in [4.69, 9.17) is 23.2 Å². The van der Waals surface area contributed by atoms with Crippen LogP contribution in [0.1, 0.15) is 38.7 Å². The van der Waals surface area contributed by atoms with Gasteiger partial charge >= 0.3 is 0 Å². The Labute approximate surface area is 211 Å². The van der Waals surface area contributed by atoms with Crippen LogP contribution in [0, 0.1) is 5.41 Å². The number of benzene rings is 1. The molecule has 0 aromatic heterocycles. The highest BCUT2D eigenvalue weighted by molar-refractivity contribution is 6.42. The summed E-state index contributed by atoms with van der Waals surface area (Å²) in [6, 6.07) is 5.15. The lowest BCUT2D eigenvalue weighted by atomic mass is 9.80. The molecule has 2 N–H and O–H groups in total. The van der Waals surface area contributed by atoms with Gasteiger partial charge in [0.2, 0.25) is 11.8 Å². The molecule has 2 aliphatic rings. The molecule has 0 bridgehead atoms. The Hall–Kier alpha value is -1.64. The first-order valence-corrected chi connectivity index (χ1v) is 12.6. The van der Waals surface area contributed by atoms with Gasteiger partial charge in [-0.15, -0.1) is 0 Å². The van der Waals surface area contributed by atoms with Gasteiger partial charge in [0.05, 0.1) is 22.3 Å². The fourth-order valence-corrected chi connectivity index (χ4v) is 4.57. The van der Waals surface area contributed by atoms with E-state index in [1.807, 2.05) is 0 Å². The average Bonchev–Trinajstić information content (AvgIpc) is 2.97. The van der Waals surface area contributed by atoms with Crippen LogP contribution in [0.4, 0.5) is 0 Å².